The van der Waals surface area contributed by atoms with E-state index < -0.39 is 24.0 Å². The summed E-state index contributed by atoms with van der Waals surface area (Å²) < 4.78 is 45.0. The van der Waals surface area contributed by atoms with Crippen LogP contribution in [0.4, 0.5) is 0 Å². The van der Waals surface area contributed by atoms with E-state index in [0.717, 1.165) is 11.1 Å². The second kappa shape index (κ2) is 19.7. The molecule has 0 saturated carbocycles. The van der Waals surface area contributed by atoms with Crippen molar-refractivity contribution >= 4 is 24.2 Å². The summed E-state index contributed by atoms with van der Waals surface area (Å²) in [7, 11) is 10.8. The van der Waals surface area contributed by atoms with Crippen LogP contribution in [-0.4, -0.2) is 80.0 Å². The predicted molar refractivity (Wildman–Crippen MR) is 219 cm³/mol. The number of hydrogen-bond donors (Lipinski definition) is 2. The van der Waals surface area contributed by atoms with Crippen LogP contribution in [0.15, 0.2) is 72.8 Å². The number of fused-ring (bicyclic) bond motifs is 1. The summed E-state index contributed by atoms with van der Waals surface area (Å²) in [6, 6.07) is 18.8. The molecule has 1 heterocycles. The molecule has 0 fully saturated rings. The van der Waals surface area contributed by atoms with E-state index in [0.29, 0.717) is 75.4 Å². The fourth-order valence-corrected chi connectivity index (χ4v) is 6.96. The van der Waals surface area contributed by atoms with E-state index in [9.17, 15) is 14.4 Å². The molecule has 308 valence electrons. The third kappa shape index (κ3) is 9.77. The molecule has 0 saturated heterocycles. The number of benzene rings is 4. The average molecular weight is 797 g/mol. The summed E-state index contributed by atoms with van der Waals surface area (Å²) in [5.74, 6) is 2.40. The Morgan fingerprint density at radius 3 is 1.72 bits per heavy atom. The summed E-state index contributed by atoms with van der Waals surface area (Å²) in [6.07, 6.45) is 3.74. The van der Waals surface area contributed by atoms with Crippen LogP contribution in [0.3, 0.4) is 0 Å². The van der Waals surface area contributed by atoms with Gasteiger partial charge in [0.25, 0.3) is 0 Å². The topological polar surface area (TPSA) is 149 Å². The van der Waals surface area contributed by atoms with E-state index >= 15 is 0 Å². The first kappa shape index (κ1) is 42.8. The van der Waals surface area contributed by atoms with Crippen LogP contribution in [-0.2, 0) is 27.2 Å². The van der Waals surface area contributed by atoms with E-state index in [1.54, 1.807) is 69.9 Å². The van der Waals surface area contributed by atoms with Crippen molar-refractivity contribution in [2.24, 2.45) is 5.92 Å². The van der Waals surface area contributed by atoms with Crippen LogP contribution in [0, 0.1) is 5.92 Å². The molecule has 0 bridgehead atoms. The van der Waals surface area contributed by atoms with E-state index in [-0.39, 0.29) is 24.3 Å². The quantitative estimate of drug-likeness (QED) is 0.0815. The highest BCUT2D eigenvalue weighted by Gasteiger charge is 2.43. The summed E-state index contributed by atoms with van der Waals surface area (Å²) >= 11 is 0. The molecule has 1 aliphatic rings. The smallest absolute Gasteiger partial charge is 0.244 e. The number of aldehydes is 1. The van der Waals surface area contributed by atoms with E-state index in [1.807, 2.05) is 38.1 Å². The predicted octanol–water partition coefficient (Wildman–Crippen LogP) is 6.29. The summed E-state index contributed by atoms with van der Waals surface area (Å²) in [4.78, 5) is 40.3. The van der Waals surface area contributed by atoms with Crippen molar-refractivity contribution in [2.75, 3.05) is 49.8 Å². The lowest BCUT2D eigenvalue weighted by atomic mass is 9.88. The van der Waals surface area contributed by atoms with Crippen molar-refractivity contribution in [3.8, 4) is 46.0 Å². The second-order valence-corrected chi connectivity index (χ2v) is 14.0. The van der Waals surface area contributed by atoms with E-state index in [2.05, 4.69) is 10.6 Å². The maximum Gasteiger partial charge on any atom is 0.244 e. The molecule has 58 heavy (non-hydrogen) atoms. The van der Waals surface area contributed by atoms with Crippen LogP contribution in [0.2, 0.25) is 0 Å². The Morgan fingerprint density at radius 1 is 0.655 bits per heavy atom. The molecule has 4 atom stereocenters. The van der Waals surface area contributed by atoms with Gasteiger partial charge in [0.2, 0.25) is 11.8 Å². The van der Waals surface area contributed by atoms with Gasteiger partial charge in [-0.05, 0) is 95.6 Å². The summed E-state index contributed by atoms with van der Waals surface area (Å²) in [5.41, 5.74) is 3.48. The van der Waals surface area contributed by atoms with Gasteiger partial charge in [-0.15, -0.1) is 0 Å². The van der Waals surface area contributed by atoms with E-state index in [1.165, 1.54) is 34.5 Å². The summed E-state index contributed by atoms with van der Waals surface area (Å²) in [5, 5.41) is 6.07. The van der Waals surface area contributed by atoms with Crippen molar-refractivity contribution in [3.63, 3.8) is 0 Å². The van der Waals surface area contributed by atoms with Crippen LogP contribution >= 0.6 is 0 Å². The average Bonchev–Trinajstić information content (AvgIpc) is 3.64. The van der Waals surface area contributed by atoms with Crippen LogP contribution in [0.25, 0.3) is 6.08 Å². The Morgan fingerprint density at radius 2 is 1.19 bits per heavy atom. The molecule has 2 amide bonds. The lowest BCUT2D eigenvalue weighted by molar-refractivity contribution is -0.126. The molecule has 1 aliphatic heterocycles. The van der Waals surface area contributed by atoms with Crippen molar-refractivity contribution in [1.29, 1.82) is 0 Å². The van der Waals surface area contributed by atoms with Crippen molar-refractivity contribution in [2.45, 2.75) is 50.8 Å². The largest absolute Gasteiger partial charge is 0.493 e. The highest BCUT2D eigenvalue weighted by Crippen LogP contribution is 2.52. The first-order valence-electron chi connectivity index (χ1n) is 18.8. The Balaban J connectivity index is 1.45. The SMILES string of the molecule is COc1ccc(CC(C=O)NC(=O)C2c3cc(/C=C/C(=O)NC(Cc4ccc(OC)c(OC)c4)C(C)C)cc(OC)c3OC2c2ccc(OC)c(OC)c2)cc1OC. The standard InChI is InChI=1S/C45H52N2O11/c1-26(2)33(20-29-11-15-35(52-4)38(22-29)55-7)47-41(49)17-12-28-19-32-42(45(50)46-31(25-48)18-27-10-14-34(51-3)37(21-27)54-6)43(58-44(32)40(23-28)57-9)30-13-16-36(53-5)39(24-30)56-8/h10-17,19,21-26,31,33,42-43H,18,20H2,1-9H3,(H,46,50)(H,47,49)/b17-12+. The normalized spacial score (nSPS) is 15.4. The van der Waals surface area contributed by atoms with Gasteiger partial charge in [-0.25, -0.2) is 0 Å². The molecule has 0 spiro atoms. The fraction of sp³-hybridized carbons (Fsp3) is 0.356. The second-order valence-electron chi connectivity index (χ2n) is 14.0. The fourth-order valence-electron chi connectivity index (χ4n) is 6.96. The van der Waals surface area contributed by atoms with Gasteiger partial charge in [0.1, 0.15) is 18.3 Å². The Labute approximate surface area is 339 Å². The molecule has 13 heteroatoms. The van der Waals surface area contributed by atoms with Crippen molar-refractivity contribution < 1.29 is 52.3 Å². The Kier molecular flexibility index (Phi) is 14.5. The minimum atomic E-state index is -0.941. The van der Waals surface area contributed by atoms with Gasteiger partial charge in [-0.1, -0.05) is 32.0 Å². The number of carbonyl (C=O) groups excluding carboxylic acids is 3. The molecule has 13 nitrogen and oxygen atoms in total. The third-order valence-corrected chi connectivity index (χ3v) is 10.1. The van der Waals surface area contributed by atoms with Gasteiger partial charge in [0.15, 0.2) is 46.0 Å². The molecule has 0 radical (unpaired) electrons. The van der Waals surface area contributed by atoms with Crippen molar-refractivity contribution in [1.82, 2.24) is 10.6 Å². The van der Waals surface area contributed by atoms with Crippen molar-refractivity contribution in [3.05, 3.63) is 101 Å². The lowest BCUT2D eigenvalue weighted by Gasteiger charge is -2.22. The minimum Gasteiger partial charge on any atom is -0.493 e. The number of amides is 2. The van der Waals surface area contributed by atoms with Crippen LogP contribution in [0.1, 0.15) is 53.7 Å². The molecule has 4 aromatic rings. The first-order valence-corrected chi connectivity index (χ1v) is 18.8. The summed E-state index contributed by atoms with van der Waals surface area (Å²) in [6.45, 7) is 4.09. The number of methoxy groups -OCH3 is 7. The molecular formula is C45H52N2O11. The zero-order valence-corrected chi connectivity index (χ0v) is 34.4. The third-order valence-electron chi connectivity index (χ3n) is 10.1. The molecule has 2 N–H and O–H groups in total. The highest BCUT2D eigenvalue weighted by molar-refractivity contribution is 5.93. The molecule has 4 unspecified atom stereocenters. The van der Waals surface area contributed by atoms with Crippen LogP contribution in [0.5, 0.6) is 46.0 Å². The zero-order chi connectivity index (χ0) is 41.9. The van der Waals surface area contributed by atoms with Gasteiger partial charge < -0.3 is 53.3 Å². The number of ether oxygens (including phenoxy) is 8. The number of nitrogens with one attached hydrogen (secondary N) is 2. The molecule has 4 aromatic carbocycles. The number of carbonyl (C=O) groups is 3. The lowest BCUT2D eigenvalue weighted by Crippen LogP contribution is -2.41. The van der Waals surface area contributed by atoms with Gasteiger partial charge in [-0.2, -0.15) is 0 Å². The van der Waals surface area contributed by atoms with E-state index in [4.69, 9.17) is 37.9 Å². The molecule has 0 aromatic heterocycles. The van der Waals surface area contributed by atoms with Gasteiger partial charge in [0, 0.05) is 17.7 Å². The molecule has 0 aliphatic carbocycles. The monoisotopic (exact) mass is 796 g/mol. The molecule has 5 rings (SSSR count). The van der Waals surface area contributed by atoms with Gasteiger partial charge in [0.05, 0.1) is 55.8 Å². The zero-order valence-electron chi connectivity index (χ0n) is 34.4. The maximum atomic E-state index is 14.5. The number of rotatable bonds is 19. The Bertz CT molecular complexity index is 2110. The van der Waals surface area contributed by atoms with Gasteiger partial charge in [-0.3, -0.25) is 9.59 Å². The minimum absolute atomic E-state index is 0.123. The number of hydrogen-bond acceptors (Lipinski definition) is 11. The highest BCUT2D eigenvalue weighted by atomic mass is 16.5. The molecular weight excluding hydrogens is 744 g/mol. The van der Waals surface area contributed by atoms with Crippen LogP contribution < -0.4 is 48.5 Å². The Hall–Kier alpha value is -6.37. The maximum absolute atomic E-state index is 14.5. The van der Waals surface area contributed by atoms with Gasteiger partial charge >= 0.3 is 0 Å². The first-order chi connectivity index (χ1) is 28.0.